The molecule has 0 bridgehead atoms. The molecule has 3 aromatic heterocycles. The predicted molar refractivity (Wildman–Crippen MR) is 137 cm³/mol. The van der Waals surface area contributed by atoms with Crippen LogP contribution >= 0.6 is 11.3 Å². The van der Waals surface area contributed by atoms with Gasteiger partial charge >= 0.3 is 0 Å². The minimum Gasteiger partial charge on any atom is -0.495 e. The van der Waals surface area contributed by atoms with Gasteiger partial charge in [-0.05, 0) is 60.9 Å². The van der Waals surface area contributed by atoms with Crippen LogP contribution in [0.15, 0.2) is 78.0 Å². The highest BCUT2D eigenvalue weighted by molar-refractivity contribution is 7.15. The van der Waals surface area contributed by atoms with Gasteiger partial charge in [-0.25, -0.2) is 0 Å². The Morgan fingerprint density at radius 3 is 2.73 bits per heavy atom. The number of nitrogens with zero attached hydrogens (tertiary/aromatic N) is 2. The van der Waals surface area contributed by atoms with Crippen molar-refractivity contribution < 1.29 is 4.74 Å². The van der Waals surface area contributed by atoms with E-state index in [0.29, 0.717) is 0 Å². The normalized spacial score (nSPS) is 13.1. The van der Waals surface area contributed by atoms with Crippen LogP contribution < -0.4 is 4.74 Å². The number of hydrogen-bond donors (Lipinski definition) is 1. The van der Waals surface area contributed by atoms with Crippen molar-refractivity contribution in [2.75, 3.05) is 13.7 Å². The molecule has 33 heavy (non-hydrogen) atoms. The predicted octanol–water partition coefficient (Wildman–Crippen LogP) is 6.67. The molecular weight excluding hydrogens is 426 g/mol. The standard InChI is InChI=1S/C28H23N3OS/c1-17-6-9-27(33-17)22-4-3-5-25-24(22)14-26(31-25)28-23-13-19(8-7-18(23)10-11-30-28)20-12-21(32-2)16-29-15-20/h3-9,12-16,31H,10-11H2,1-2H3. The Kier molecular flexibility index (Phi) is 4.84. The number of aliphatic imine (C=N–C) groups is 1. The zero-order chi connectivity index (χ0) is 22.4. The minimum absolute atomic E-state index is 0.756. The first-order valence-corrected chi connectivity index (χ1v) is 11.9. The second kappa shape index (κ2) is 8.01. The van der Waals surface area contributed by atoms with Gasteiger partial charge in [0.05, 0.1) is 24.7 Å². The summed E-state index contributed by atoms with van der Waals surface area (Å²) in [7, 11) is 1.67. The highest BCUT2D eigenvalue weighted by atomic mass is 32.1. The third kappa shape index (κ3) is 3.55. The summed E-state index contributed by atoms with van der Waals surface area (Å²) in [6, 6.07) is 21.8. The van der Waals surface area contributed by atoms with Crippen LogP contribution in [0.1, 0.15) is 21.7 Å². The summed E-state index contributed by atoms with van der Waals surface area (Å²) in [5.41, 5.74) is 9.15. The lowest BCUT2D eigenvalue weighted by atomic mass is 9.92. The van der Waals surface area contributed by atoms with Crippen LogP contribution in [-0.2, 0) is 6.42 Å². The van der Waals surface area contributed by atoms with E-state index >= 15 is 0 Å². The zero-order valence-corrected chi connectivity index (χ0v) is 19.4. The van der Waals surface area contributed by atoms with Crippen molar-refractivity contribution in [3.63, 3.8) is 0 Å². The first kappa shape index (κ1) is 19.9. The molecule has 2 aromatic carbocycles. The summed E-state index contributed by atoms with van der Waals surface area (Å²) in [5.74, 6) is 0.756. The first-order chi connectivity index (χ1) is 16.2. The van der Waals surface area contributed by atoms with Crippen LogP contribution in [0.2, 0.25) is 0 Å². The number of benzene rings is 2. The lowest BCUT2D eigenvalue weighted by molar-refractivity contribution is 0.413. The van der Waals surface area contributed by atoms with Crippen LogP contribution in [0.25, 0.3) is 32.5 Å². The number of hydrogen-bond acceptors (Lipinski definition) is 4. The number of H-pyrrole nitrogens is 1. The molecule has 4 heterocycles. The molecule has 4 nitrogen and oxygen atoms in total. The average molecular weight is 450 g/mol. The van der Waals surface area contributed by atoms with Gasteiger partial charge in [-0.3, -0.25) is 9.98 Å². The molecule has 0 radical (unpaired) electrons. The van der Waals surface area contributed by atoms with Crippen molar-refractivity contribution >= 4 is 28.0 Å². The van der Waals surface area contributed by atoms with E-state index in [9.17, 15) is 0 Å². The van der Waals surface area contributed by atoms with Crippen LogP contribution in [0, 0.1) is 6.92 Å². The molecule has 1 aliphatic heterocycles. The van der Waals surface area contributed by atoms with Crippen LogP contribution in [0.3, 0.4) is 0 Å². The Balaban J connectivity index is 1.46. The fourth-order valence-corrected chi connectivity index (χ4v) is 5.47. The maximum Gasteiger partial charge on any atom is 0.137 e. The maximum absolute atomic E-state index is 5.37. The van der Waals surface area contributed by atoms with Crippen molar-refractivity contribution in [3.8, 4) is 27.3 Å². The third-order valence-corrected chi connectivity index (χ3v) is 7.26. The number of pyridine rings is 1. The molecule has 0 atom stereocenters. The average Bonchev–Trinajstić information content (AvgIpc) is 3.49. The van der Waals surface area contributed by atoms with Crippen molar-refractivity contribution in [2.45, 2.75) is 13.3 Å². The number of ether oxygens (including phenoxy) is 1. The fraction of sp³-hybridized carbons (Fsp3) is 0.143. The quantitative estimate of drug-likeness (QED) is 0.333. The SMILES string of the molecule is COc1cncc(-c2ccc3c(c2)C(c2cc4c(-c5ccc(C)s5)cccc4[nH]2)=NCC3)c1. The monoisotopic (exact) mass is 449 g/mol. The van der Waals surface area contributed by atoms with Gasteiger partial charge in [0, 0.05) is 50.1 Å². The van der Waals surface area contributed by atoms with Gasteiger partial charge in [0.1, 0.15) is 5.75 Å². The molecule has 0 saturated heterocycles. The Bertz CT molecular complexity index is 1530. The van der Waals surface area contributed by atoms with E-state index in [0.717, 1.165) is 46.8 Å². The van der Waals surface area contributed by atoms with E-state index in [4.69, 9.17) is 9.73 Å². The van der Waals surface area contributed by atoms with Crippen LogP contribution in [-0.4, -0.2) is 29.3 Å². The lowest BCUT2D eigenvalue weighted by Crippen LogP contribution is -2.14. The van der Waals surface area contributed by atoms with Gasteiger partial charge in [0.2, 0.25) is 0 Å². The number of fused-ring (bicyclic) bond motifs is 2. The maximum atomic E-state index is 5.37. The number of rotatable bonds is 4. The molecular formula is C28H23N3OS. The zero-order valence-electron chi connectivity index (χ0n) is 18.6. The summed E-state index contributed by atoms with van der Waals surface area (Å²) in [6.45, 7) is 2.95. The molecule has 0 amide bonds. The van der Waals surface area contributed by atoms with Crippen LogP contribution in [0.5, 0.6) is 5.75 Å². The van der Waals surface area contributed by atoms with Gasteiger partial charge in [-0.15, -0.1) is 11.3 Å². The first-order valence-electron chi connectivity index (χ1n) is 11.1. The van der Waals surface area contributed by atoms with Gasteiger partial charge in [-0.2, -0.15) is 0 Å². The van der Waals surface area contributed by atoms with E-state index in [1.807, 2.05) is 23.6 Å². The molecule has 1 aliphatic rings. The topological polar surface area (TPSA) is 50.3 Å². The second-order valence-corrected chi connectivity index (χ2v) is 9.61. The lowest BCUT2D eigenvalue weighted by Gasteiger charge is -2.17. The summed E-state index contributed by atoms with van der Waals surface area (Å²) < 4.78 is 5.37. The Morgan fingerprint density at radius 1 is 0.939 bits per heavy atom. The number of aromatic amines is 1. The molecule has 1 N–H and O–H groups in total. The van der Waals surface area contributed by atoms with Crippen LogP contribution in [0.4, 0.5) is 0 Å². The largest absolute Gasteiger partial charge is 0.495 e. The third-order valence-electron chi connectivity index (χ3n) is 6.22. The Labute approximate surface area is 196 Å². The summed E-state index contributed by atoms with van der Waals surface area (Å²) >= 11 is 1.83. The molecule has 6 rings (SSSR count). The number of methoxy groups -OCH3 is 1. The van der Waals surface area contributed by atoms with E-state index in [2.05, 4.69) is 71.5 Å². The Morgan fingerprint density at radius 2 is 1.88 bits per heavy atom. The van der Waals surface area contributed by atoms with Gasteiger partial charge in [-0.1, -0.05) is 24.3 Å². The van der Waals surface area contributed by atoms with E-state index in [-0.39, 0.29) is 0 Å². The number of aryl methyl sites for hydroxylation is 1. The van der Waals surface area contributed by atoms with E-state index < -0.39 is 0 Å². The van der Waals surface area contributed by atoms with Crippen molar-refractivity contribution in [1.29, 1.82) is 0 Å². The van der Waals surface area contributed by atoms with E-state index in [1.165, 1.54) is 31.8 Å². The van der Waals surface area contributed by atoms with E-state index in [1.54, 1.807) is 13.3 Å². The summed E-state index contributed by atoms with van der Waals surface area (Å²) in [4.78, 5) is 15.5. The van der Waals surface area contributed by atoms with Crippen molar-refractivity contribution in [3.05, 3.63) is 94.8 Å². The number of aromatic nitrogens is 2. The Hall–Kier alpha value is -3.70. The highest BCUT2D eigenvalue weighted by Gasteiger charge is 2.20. The minimum atomic E-state index is 0.756. The second-order valence-electron chi connectivity index (χ2n) is 8.33. The molecule has 0 spiro atoms. The molecule has 0 saturated carbocycles. The summed E-state index contributed by atoms with van der Waals surface area (Å²) in [5, 5.41) is 1.23. The fourth-order valence-electron chi connectivity index (χ4n) is 4.56. The van der Waals surface area contributed by atoms with Crippen molar-refractivity contribution in [1.82, 2.24) is 9.97 Å². The van der Waals surface area contributed by atoms with Gasteiger partial charge < -0.3 is 9.72 Å². The van der Waals surface area contributed by atoms with Crippen molar-refractivity contribution in [2.24, 2.45) is 4.99 Å². The van der Waals surface area contributed by atoms with Gasteiger partial charge in [0.25, 0.3) is 0 Å². The summed E-state index contributed by atoms with van der Waals surface area (Å²) in [6.07, 6.45) is 4.56. The molecule has 5 heteroatoms. The number of thiophene rings is 1. The molecule has 0 fully saturated rings. The molecule has 0 unspecified atom stereocenters. The number of nitrogens with one attached hydrogen (secondary N) is 1. The molecule has 5 aromatic rings. The highest BCUT2D eigenvalue weighted by Crippen LogP contribution is 2.35. The van der Waals surface area contributed by atoms with Gasteiger partial charge in [0.15, 0.2) is 0 Å². The molecule has 162 valence electrons. The smallest absolute Gasteiger partial charge is 0.137 e. The molecule has 0 aliphatic carbocycles.